The molecule has 0 amide bonds. The van der Waals surface area contributed by atoms with Crippen molar-refractivity contribution in [2.24, 2.45) is 5.73 Å². The Kier molecular flexibility index (Phi) is 4.33. The maximum Gasteiger partial charge on any atom is 0.0645 e. The molecule has 1 heterocycles. The number of hydrogen-bond acceptors (Lipinski definition) is 2. The van der Waals surface area contributed by atoms with Crippen LogP contribution in [0, 0.1) is 0 Å². The van der Waals surface area contributed by atoms with Crippen LogP contribution in [0.5, 0.6) is 0 Å². The summed E-state index contributed by atoms with van der Waals surface area (Å²) in [6.07, 6.45) is 3.01. The van der Waals surface area contributed by atoms with Gasteiger partial charge in [-0.2, -0.15) is 5.10 Å². The maximum absolute atomic E-state index is 6.06. The standard InChI is InChI=1S/C12H23N3/c1-5-10-8-11(6-2)15(14-10)9(4)12(13)7-3/h8-9,12H,5-7,13H2,1-4H3. The topological polar surface area (TPSA) is 43.8 Å². The van der Waals surface area contributed by atoms with E-state index in [0.29, 0.717) is 6.04 Å². The van der Waals surface area contributed by atoms with Crippen molar-refractivity contribution in [2.75, 3.05) is 0 Å². The monoisotopic (exact) mass is 209 g/mol. The highest BCUT2D eigenvalue weighted by Gasteiger charge is 2.16. The largest absolute Gasteiger partial charge is 0.326 e. The fourth-order valence-electron chi connectivity index (χ4n) is 1.80. The lowest BCUT2D eigenvalue weighted by atomic mass is 10.1. The van der Waals surface area contributed by atoms with Gasteiger partial charge < -0.3 is 5.73 Å². The van der Waals surface area contributed by atoms with Crippen LogP contribution in [0.15, 0.2) is 6.07 Å². The van der Waals surface area contributed by atoms with E-state index in [1.165, 1.54) is 11.4 Å². The smallest absolute Gasteiger partial charge is 0.0645 e. The lowest BCUT2D eigenvalue weighted by molar-refractivity contribution is 0.386. The first kappa shape index (κ1) is 12.2. The molecule has 3 nitrogen and oxygen atoms in total. The molecule has 86 valence electrons. The van der Waals surface area contributed by atoms with E-state index in [1.807, 2.05) is 0 Å². The second kappa shape index (κ2) is 5.31. The van der Waals surface area contributed by atoms with Gasteiger partial charge in [-0.15, -0.1) is 0 Å². The summed E-state index contributed by atoms with van der Waals surface area (Å²) in [5.74, 6) is 0. The summed E-state index contributed by atoms with van der Waals surface area (Å²) >= 11 is 0. The van der Waals surface area contributed by atoms with E-state index in [1.54, 1.807) is 0 Å². The van der Waals surface area contributed by atoms with Crippen LogP contribution in [-0.2, 0) is 12.8 Å². The molecular weight excluding hydrogens is 186 g/mol. The molecule has 0 spiro atoms. The van der Waals surface area contributed by atoms with Crippen LogP contribution in [0.1, 0.15) is 51.5 Å². The normalized spacial score (nSPS) is 15.3. The fourth-order valence-corrected chi connectivity index (χ4v) is 1.80. The molecule has 0 saturated carbocycles. The van der Waals surface area contributed by atoms with Gasteiger partial charge >= 0.3 is 0 Å². The third-order valence-electron chi connectivity index (χ3n) is 3.06. The molecule has 0 bridgehead atoms. The number of nitrogens with two attached hydrogens (primary N) is 1. The van der Waals surface area contributed by atoms with Crippen molar-refractivity contribution in [1.29, 1.82) is 0 Å². The lowest BCUT2D eigenvalue weighted by Gasteiger charge is -2.20. The van der Waals surface area contributed by atoms with Crippen LogP contribution in [0.2, 0.25) is 0 Å². The van der Waals surface area contributed by atoms with E-state index in [4.69, 9.17) is 5.73 Å². The Bertz CT molecular complexity index is 304. The first-order chi connectivity index (χ1) is 7.13. The first-order valence-electron chi connectivity index (χ1n) is 5.96. The minimum Gasteiger partial charge on any atom is -0.326 e. The molecule has 0 saturated heterocycles. The van der Waals surface area contributed by atoms with Gasteiger partial charge in [0.25, 0.3) is 0 Å². The second-order valence-corrected chi connectivity index (χ2v) is 4.09. The van der Waals surface area contributed by atoms with Crippen molar-refractivity contribution in [2.45, 2.75) is 59.0 Å². The summed E-state index contributed by atoms with van der Waals surface area (Å²) in [6, 6.07) is 2.68. The highest BCUT2D eigenvalue weighted by Crippen LogP contribution is 2.16. The highest BCUT2D eigenvalue weighted by atomic mass is 15.3. The van der Waals surface area contributed by atoms with Gasteiger partial charge in [-0.1, -0.05) is 20.8 Å². The van der Waals surface area contributed by atoms with Gasteiger partial charge in [0, 0.05) is 11.7 Å². The molecule has 0 fully saturated rings. The predicted molar refractivity (Wildman–Crippen MR) is 64.0 cm³/mol. The first-order valence-corrected chi connectivity index (χ1v) is 5.96. The Morgan fingerprint density at radius 2 is 2.00 bits per heavy atom. The number of nitrogens with zero attached hydrogens (tertiary/aromatic N) is 2. The van der Waals surface area contributed by atoms with Crippen molar-refractivity contribution >= 4 is 0 Å². The zero-order valence-electron chi connectivity index (χ0n) is 10.3. The lowest BCUT2D eigenvalue weighted by Crippen LogP contribution is -2.31. The minimum absolute atomic E-state index is 0.194. The van der Waals surface area contributed by atoms with Crippen molar-refractivity contribution in [1.82, 2.24) is 9.78 Å². The molecule has 1 aromatic heterocycles. The molecule has 0 aliphatic heterocycles. The molecule has 0 aliphatic rings. The molecule has 0 aromatic carbocycles. The quantitative estimate of drug-likeness (QED) is 0.808. The Morgan fingerprint density at radius 3 is 2.47 bits per heavy atom. The van der Waals surface area contributed by atoms with Gasteiger partial charge in [-0.25, -0.2) is 0 Å². The average molecular weight is 209 g/mol. The molecule has 0 aliphatic carbocycles. The molecule has 2 unspecified atom stereocenters. The average Bonchev–Trinajstić information content (AvgIpc) is 2.69. The minimum atomic E-state index is 0.194. The summed E-state index contributed by atoms with van der Waals surface area (Å²) in [5, 5.41) is 4.61. The van der Waals surface area contributed by atoms with E-state index in [2.05, 4.69) is 43.5 Å². The number of rotatable bonds is 5. The molecule has 1 aromatic rings. The Hall–Kier alpha value is -0.830. The van der Waals surface area contributed by atoms with Crippen molar-refractivity contribution in [3.63, 3.8) is 0 Å². The Balaban J connectivity index is 2.95. The summed E-state index contributed by atoms with van der Waals surface area (Å²) in [7, 11) is 0. The number of aryl methyl sites for hydroxylation is 2. The van der Waals surface area contributed by atoms with Crippen LogP contribution in [0.4, 0.5) is 0 Å². The van der Waals surface area contributed by atoms with Gasteiger partial charge in [-0.05, 0) is 32.3 Å². The van der Waals surface area contributed by atoms with Gasteiger partial charge in [0.15, 0.2) is 0 Å². The van der Waals surface area contributed by atoms with Gasteiger partial charge in [0.1, 0.15) is 0 Å². The van der Waals surface area contributed by atoms with Crippen molar-refractivity contribution < 1.29 is 0 Å². The van der Waals surface area contributed by atoms with E-state index < -0.39 is 0 Å². The predicted octanol–water partition coefficient (Wildman–Crippen LogP) is 2.31. The number of hydrogen-bond donors (Lipinski definition) is 1. The summed E-state index contributed by atoms with van der Waals surface area (Å²) in [5.41, 5.74) is 8.53. The molecule has 2 atom stereocenters. The maximum atomic E-state index is 6.06. The zero-order chi connectivity index (χ0) is 11.4. The summed E-state index contributed by atoms with van der Waals surface area (Å²) in [6.45, 7) is 8.57. The third-order valence-corrected chi connectivity index (χ3v) is 3.06. The highest BCUT2D eigenvalue weighted by molar-refractivity contribution is 5.11. The Morgan fingerprint density at radius 1 is 1.33 bits per heavy atom. The third kappa shape index (κ3) is 2.59. The summed E-state index contributed by atoms with van der Waals surface area (Å²) in [4.78, 5) is 0. The van der Waals surface area contributed by atoms with Crippen LogP contribution in [-0.4, -0.2) is 15.8 Å². The molecule has 2 N–H and O–H groups in total. The zero-order valence-corrected chi connectivity index (χ0v) is 10.3. The van der Waals surface area contributed by atoms with E-state index in [9.17, 15) is 0 Å². The van der Waals surface area contributed by atoms with Crippen molar-refractivity contribution in [3.05, 3.63) is 17.5 Å². The van der Waals surface area contributed by atoms with Crippen LogP contribution >= 0.6 is 0 Å². The van der Waals surface area contributed by atoms with Crippen molar-refractivity contribution in [3.8, 4) is 0 Å². The van der Waals surface area contributed by atoms with E-state index in [0.717, 1.165) is 19.3 Å². The second-order valence-electron chi connectivity index (χ2n) is 4.09. The molecule has 15 heavy (non-hydrogen) atoms. The molecular formula is C12H23N3. The molecule has 1 rings (SSSR count). The summed E-state index contributed by atoms with van der Waals surface area (Å²) < 4.78 is 2.10. The Labute approximate surface area is 92.7 Å². The van der Waals surface area contributed by atoms with Crippen LogP contribution in [0.25, 0.3) is 0 Å². The molecule has 0 radical (unpaired) electrons. The van der Waals surface area contributed by atoms with Gasteiger partial charge in [0.2, 0.25) is 0 Å². The van der Waals surface area contributed by atoms with Gasteiger partial charge in [-0.3, -0.25) is 4.68 Å². The SMILES string of the molecule is CCc1cc(CC)n(C(C)C(N)CC)n1. The van der Waals surface area contributed by atoms with E-state index >= 15 is 0 Å². The van der Waals surface area contributed by atoms with Crippen LogP contribution < -0.4 is 5.73 Å². The fraction of sp³-hybridized carbons (Fsp3) is 0.750. The van der Waals surface area contributed by atoms with E-state index in [-0.39, 0.29) is 6.04 Å². The molecule has 3 heteroatoms. The van der Waals surface area contributed by atoms with Crippen LogP contribution in [0.3, 0.4) is 0 Å². The van der Waals surface area contributed by atoms with Gasteiger partial charge in [0.05, 0.1) is 11.7 Å². The number of aromatic nitrogens is 2.